The van der Waals surface area contributed by atoms with Crippen LogP contribution in [0.5, 0.6) is 0 Å². The quantitative estimate of drug-likeness (QED) is 0.690. The number of amides is 1. The number of alkyl halides is 2. The Balaban J connectivity index is 0.00000225. The largest absolute Gasteiger partial charge is 0.465 e. The molecule has 2 heterocycles. The van der Waals surface area contributed by atoms with E-state index in [9.17, 15) is 13.6 Å². The number of rotatable bonds is 5. The van der Waals surface area contributed by atoms with E-state index in [1.807, 2.05) is 0 Å². The van der Waals surface area contributed by atoms with Gasteiger partial charge in [-0.1, -0.05) is 0 Å². The molecule has 7 nitrogen and oxygen atoms in total. The Morgan fingerprint density at radius 1 is 1.21 bits per heavy atom. The second-order valence-electron chi connectivity index (χ2n) is 7.71. The van der Waals surface area contributed by atoms with E-state index in [0.29, 0.717) is 30.0 Å². The van der Waals surface area contributed by atoms with E-state index in [0.717, 1.165) is 12.8 Å². The van der Waals surface area contributed by atoms with E-state index in [1.54, 1.807) is 22.9 Å². The van der Waals surface area contributed by atoms with Crippen LogP contribution in [0, 0.1) is 11.8 Å². The summed E-state index contributed by atoms with van der Waals surface area (Å²) in [5.41, 5.74) is 7.57. The normalized spacial score (nSPS) is 21.7. The molecule has 1 amide bonds. The van der Waals surface area contributed by atoms with E-state index >= 15 is 0 Å². The highest BCUT2D eigenvalue weighted by Crippen LogP contribution is 2.41. The first-order valence-electron chi connectivity index (χ1n) is 9.31. The van der Waals surface area contributed by atoms with Crippen molar-refractivity contribution in [3.05, 3.63) is 29.8 Å². The summed E-state index contributed by atoms with van der Waals surface area (Å²) in [5.74, 6) is -1.91. The lowest BCUT2D eigenvalue weighted by molar-refractivity contribution is -0.0484. The third-order valence-corrected chi connectivity index (χ3v) is 5.67. The molecule has 2 aliphatic rings. The molecule has 0 aliphatic heterocycles. The number of halogens is 3. The average molecular weight is 416 g/mol. The summed E-state index contributed by atoms with van der Waals surface area (Å²) >= 11 is 0. The molecule has 2 atom stereocenters. The van der Waals surface area contributed by atoms with Crippen molar-refractivity contribution in [2.24, 2.45) is 17.6 Å². The summed E-state index contributed by atoms with van der Waals surface area (Å²) in [6, 6.07) is 1.02. The minimum Gasteiger partial charge on any atom is -0.465 e. The van der Waals surface area contributed by atoms with Gasteiger partial charge in [0.05, 0.1) is 23.5 Å². The average Bonchev–Trinajstić information content (AvgIpc) is 3.36. The number of aromatic nitrogens is 3. The van der Waals surface area contributed by atoms with Crippen LogP contribution < -0.4 is 11.1 Å². The number of hydrogen-bond donors (Lipinski definition) is 3. The predicted molar refractivity (Wildman–Crippen MR) is 101 cm³/mol. The molecule has 0 saturated heterocycles. The number of nitrogens with zero attached hydrogens (tertiary/aromatic N) is 3. The summed E-state index contributed by atoms with van der Waals surface area (Å²) in [5, 5.41) is 11.6. The first-order valence-corrected chi connectivity index (χ1v) is 9.31. The van der Waals surface area contributed by atoms with Crippen molar-refractivity contribution >= 4 is 24.3 Å². The van der Waals surface area contributed by atoms with Crippen molar-refractivity contribution in [1.29, 1.82) is 0 Å². The van der Waals surface area contributed by atoms with Crippen molar-refractivity contribution in [2.75, 3.05) is 0 Å². The Morgan fingerprint density at radius 3 is 2.46 bits per heavy atom. The summed E-state index contributed by atoms with van der Waals surface area (Å²) in [4.78, 5) is 20.1. The molecular weight excluding hydrogens is 392 g/mol. The molecule has 2 aromatic heterocycles. The van der Waals surface area contributed by atoms with Crippen LogP contribution in [0.3, 0.4) is 0 Å². The molecular formula is C18H24ClF2N5O2. The summed E-state index contributed by atoms with van der Waals surface area (Å²) in [6.45, 7) is 0. The zero-order chi connectivity index (χ0) is 19.2. The van der Waals surface area contributed by atoms with Gasteiger partial charge in [-0.3, -0.25) is 4.40 Å². The first kappa shape index (κ1) is 20.7. The van der Waals surface area contributed by atoms with Gasteiger partial charge in [0.25, 0.3) is 0 Å². The summed E-state index contributed by atoms with van der Waals surface area (Å²) in [6.07, 6.45) is 4.92. The predicted octanol–water partition coefficient (Wildman–Crippen LogP) is 3.70. The second-order valence-corrected chi connectivity index (χ2v) is 7.71. The highest BCUT2D eigenvalue weighted by Gasteiger charge is 2.38. The van der Waals surface area contributed by atoms with E-state index < -0.39 is 18.1 Å². The molecule has 0 aromatic carbocycles. The zero-order valence-corrected chi connectivity index (χ0v) is 16.0. The van der Waals surface area contributed by atoms with Gasteiger partial charge in [0.15, 0.2) is 0 Å². The molecule has 2 unspecified atom stereocenters. The van der Waals surface area contributed by atoms with Gasteiger partial charge in [0.2, 0.25) is 11.7 Å². The van der Waals surface area contributed by atoms with Gasteiger partial charge >= 0.3 is 6.09 Å². The van der Waals surface area contributed by atoms with E-state index in [-0.39, 0.29) is 43.1 Å². The minimum absolute atomic E-state index is 0. The van der Waals surface area contributed by atoms with Crippen LogP contribution in [0.25, 0.3) is 5.78 Å². The van der Waals surface area contributed by atoms with E-state index in [4.69, 9.17) is 10.8 Å². The van der Waals surface area contributed by atoms with Gasteiger partial charge in [-0.15, -0.1) is 12.4 Å². The topological polar surface area (TPSA) is 106 Å². The Morgan fingerprint density at radius 2 is 1.86 bits per heavy atom. The number of hydrogen-bond acceptors (Lipinski definition) is 4. The molecule has 0 spiro atoms. The monoisotopic (exact) mass is 415 g/mol. The van der Waals surface area contributed by atoms with E-state index in [2.05, 4.69) is 15.3 Å². The lowest BCUT2D eigenvalue weighted by atomic mass is 9.81. The number of carbonyl (C=O) groups is 1. The van der Waals surface area contributed by atoms with Crippen LogP contribution in [0.15, 0.2) is 18.5 Å². The molecule has 4 N–H and O–H groups in total. The van der Waals surface area contributed by atoms with Crippen molar-refractivity contribution in [3.63, 3.8) is 0 Å². The van der Waals surface area contributed by atoms with Crippen molar-refractivity contribution in [3.8, 4) is 0 Å². The zero-order valence-electron chi connectivity index (χ0n) is 15.2. The molecule has 2 saturated carbocycles. The summed E-state index contributed by atoms with van der Waals surface area (Å²) < 4.78 is 28.5. The van der Waals surface area contributed by atoms with Gasteiger partial charge in [-0.05, 0) is 43.6 Å². The maximum Gasteiger partial charge on any atom is 0.405 e. The number of nitrogens with two attached hydrogens (primary N) is 1. The maximum atomic E-state index is 13.4. The maximum absolute atomic E-state index is 13.4. The van der Waals surface area contributed by atoms with Gasteiger partial charge in [0.1, 0.15) is 0 Å². The lowest BCUT2D eigenvalue weighted by Crippen LogP contribution is -2.31. The molecule has 2 aliphatic carbocycles. The van der Waals surface area contributed by atoms with Gasteiger partial charge in [-0.2, -0.15) is 0 Å². The molecule has 2 aromatic rings. The number of fused-ring (bicyclic) bond motifs is 1. The van der Waals surface area contributed by atoms with Crippen LogP contribution in [0.1, 0.15) is 62.0 Å². The fourth-order valence-corrected chi connectivity index (χ4v) is 3.90. The van der Waals surface area contributed by atoms with Crippen LogP contribution >= 0.6 is 12.4 Å². The Labute approximate surface area is 167 Å². The molecule has 0 bridgehead atoms. The highest BCUT2D eigenvalue weighted by molar-refractivity contribution is 5.85. The second kappa shape index (κ2) is 7.79. The van der Waals surface area contributed by atoms with Crippen LogP contribution in [-0.4, -0.2) is 31.5 Å². The standard InChI is InChI=1S/C18H23F2N5O2.ClH/c19-18(20)6-3-10(4-7-18)14(21)13-9-25-8-5-12(22-16(25)23-13)15(11-1-2-11)24-17(26)27;/h5,8-11,14-15,24H,1-4,6-7,21H2,(H,26,27);1H. The van der Waals surface area contributed by atoms with Crippen LogP contribution in [0.2, 0.25) is 0 Å². The Bertz CT molecular complexity index is 848. The van der Waals surface area contributed by atoms with Gasteiger partial charge in [0, 0.05) is 25.2 Å². The SMILES string of the molecule is Cl.NC(c1cn2ccc(C(NC(=O)O)C3CC3)nc2n1)C1CCC(F)(F)CC1. The molecule has 28 heavy (non-hydrogen) atoms. The fraction of sp³-hybridized carbons (Fsp3) is 0.611. The van der Waals surface area contributed by atoms with Crippen molar-refractivity contribution in [2.45, 2.75) is 56.5 Å². The molecule has 154 valence electrons. The highest BCUT2D eigenvalue weighted by atomic mass is 35.5. The lowest BCUT2D eigenvalue weighted by Gasteiger charge is -2.31. The Hall–Kier alpha value is -2.00. The molecule has 10 heteroatoms. The third-order valence-electron chi connectivity index (χ3n) is 5.67. The number of imidazole rings is 1. The van der Waals surface area contributed by atoms with Crippen molar-refractivity contribution < 1.29 is 18.7 Å². The molecule has 0 radical (unpaired) electrons. The van der Waals surface area contributed by atoms with E-state index in [1.165, 1.54) is 0 Å². The van der Waals surface area contributed by atoms with Gasteiger partial charge in [-0.25, -0.2) is 23.5 Å². The van der Waals surface area contributed by atoms with Crippen molar-refractivity contribution in [1.82, 2.24) is 19.7 Å². The Kier molecular flexibility index (Phi) is 5.77. The summed E-state index contributed by atoms with van der Waals surface area (Å²) in [7, 11) is 0. The minimum atomic E-state index is -2.58. The van der Waals surface area contributed by atoms with Crippen LogP contribution in [0.4, 0.5) is 13.6 Å². The van der Waals surface area contributed by atoms with Crippen LogP contribution in [-0.2, 0) is 0 Å². The number of nitrogens with one attached hydrogen (secondary N) is 1. The first-order chi connectivity index (χ1) is 12.8. The molecule has 2 fully saturated rings. The smallest absolute Gasteiger partial charge is 0.405 e. The third kappa shape index (κ3) is 4.35. The number of carboxylic acid groups (broad SMARTS) is 1. The van der Waals surface area contributed by atoms with Gasteiger partial charge < -0.3 is 16.2 Å². The fourth-order valence-electron chi connectivity index (χ4n) is 3.90. The molecule has 4 rings (SSSR count).